The van der Waals surface area contributed by atoms with Gasteiger partial charge < -0.3 is 5.32 Å². The van der Waals surface area contributed by atoms with E-state index in [-0.39, 0.29) is 23.5 Å². The maximum absolute atomic E-state index is 13.1. The van der Waals surface area contributed by atoms with Crippen molar-refractivity contribution in [2.75, 3.05) is 18.9 Å². The van der Waals surface area contributed by atoms with Crippen LogP contribution in [0.3, 0.4) is 0 Å². The fourth-order valence-electron chi connectivity index (χ4n) is 3.30. The van der Waals surface area contributed by atoms with Crippen LogP contribution in [0.1, 0.15) is 30.0 Å². The largest absolute Gasteiger partial charge is 0.324 e. The Labute approximate surface area is 146 Å². The number of nitrogens with one attached hydrogen (secondary N) is 1. The van der Waals surface area contributed by atoms with Gasteiger partial charge in [-0.15, -0.1) is 0 Å². The van der Waals surface area contributed by atoms with Gasteiger partial charge in [0.05, 0.1) is 17.3 Å². The zero-order chi connectivity index (χ0) is 17.1. The van der Waals surface area contributed by atoms with Crippen molar-refractivity contribution in [3.05, 3.63) is 64.4 Å². The summed E-state index contributed by atoms with van der Waals surface area (Å²) in [7, 11) is 1.96. The lowest BCUT2D eigenvalue weighted by Gasteiger charge is -2.32. The molecule has 0 radical (unpaired) electrons. The molecule has 1 atom stereocenters. The second-order valence-electron chi connectivity index (χ2n) is 6.19. The molecule has 0 unspecified atom stereocenters. The number of hydrogen-bond acceptors (Lipinski definition) is 2. The van der Waals surface area contributed by atoms with Crippen LogP contribution < -0.4 is 5.32 Å². The lowest BCUT2D eigenvalue weighted by molar-refractivity contribution is -0.117. The number of hydrogen-bond donors (Lipinski definition) is 1. The van der Waals surface area contributed by atoms with Crippen LogP contribution in [-0.2, 0) is 11.2 Å². The Morgan fingerprint density at radius 3 is 2.92 bits per heavy atom. The molecular weight excluding hydrogens is 327 g/mol. The van der Waals surface area contributed by atoms with E-state index in [2.05, 4.69) is 28.4 Å². The van der Waals surface area contributed by atoms with E-state index < -0.39 is 5.82 Å². The second kappa shape index (κ2) is 7.32. The lowest BCUT2D eigenvalue weighted by atomic mass is 9.87. The number of aryl methyl sites for hydroxylation is 1. The first-order valence-corrected chi connectivity index (χ1v) is 8.45. The highest BCUT2D eigenvalue weighted by molar-refractivity contribution is 6.33. The number of fused-ring (bicyclic) bond motifs is 1. The van der Waals surface area contributed by atoms with Crippen molar-refractivity contribution in [1.82, 2.24) is 4.90 Å². The molecule has 0 heterocycles. The van der Waals surface area contributed by atoms with Gasteiger partial charge >= 0.3 is 0 Å². The molecule has 0 aliphatic heterocycles. The van der Waals surface area contributed by atoms with Crippen LogP contribution in [0.2, 0.25) is 5.02 Å². The van der Waals surface area contributed by atoms with Crippen LogP contribution >= 0.6 is 11.6 Å². The first-order chi connectivity index (χ1) is 11.5. The van der Waals surface area contributed by atoms with Gasteiger partial charge in [-0.05, 0) is 55.6 Å². The Hall–Kier alpha value is -1.91. The van der Waals surface area contributed by atoms with Crippen LogP contribution in [0.4, 0.5) is 10.1 Å². The molecule has 0 saturated heterocycles. The summed E-state index contributed by atoms with van der Waals surface area (Å²) in [6, 6.07) is 12.6. The van der Waals surface area contributed by atoms with E-state index in [9.17, 15) is 9.18 Å². The van der Waals surface area contributed by atoms with E-state index in [1.807, 2.05) is 13.1 Å². The lowest BCUT2D eigenvalue weighted by Crippen LogP contribution is -2.35. The number of halogens is 2. The summed E-state index contributed by atoms with van der Waals surface area (Å²) >= 11 is 5.96. The van der Waals surface area contributed by atoms with Crippen LogP contribution in [0.25, 0.3) is 0 Å². The Morgan fingerprint density at radius 1 is 1.33 bits per heavy atom. The van der Waals surface area contributed by atoms with Gasteiger partial charge in [0.15, 0.2) is 0 Å². The summed E-state index contributed by atoms with van der Waals surface area (Å²) in [5, 5.41) is 2.95. The quantitative estimate of drug-likeness (QED) is 0.888. The second-order valence-corrected chi connectivity index (χ2v) is 6.60. The van der Waals surface area contributed by atoms with Crippen LogP contribution in [-0.4, -0.2) is 24.4 Å². The summed E-state index contributed by atoms with van der Waals surface area (Å²) in [4.78, 5) is 14.4. The average molecular weight is 347 g/mol. The molecule has 126 valence electrons. The highest BCUT2D eigenvalue weighted by Crippen LogP contribution is 2.33. The summed E-state index contributed by atoms with van der Waals surface area (Å²) in [6.07, 6.45) is 3.26. The number of rotatable bonds is 4. The van der Waals surface area contributed by atoms with E-state index in [1.54, 1.807) is 0 Å². The van der Waals surface area contributed by atoms with E-state index in [0.717, 1.165) is 19.3 Å². The summed E-state index contributed by atoms with van der Waals surface area (Å²) < 4.78 is 13.1. The van der Waals surface area contributed by atoms with E-state index in [0.29, 0.717) is 5.69 Å². The van der Waals surface area contributed by atoms with E-state index >= 15 is 0 Å². The van der Waals surface area contributed by atoms with Crippen LogP contribution in [0.5, 0.6) is 0 Å². The number of nitrogens with zero attached hydrogens (tertiary/aromatic N) is 1. The van der Waals surface area contributed by atoms with Crippen molar-refractivity contribution >= 4 is 23.2 Å². The van der Waals surface area contributed by atoms with E-state index in [4.69, 9.17) is 11.6 Å². The van der Waals surface area contributed by atoms with Gasteiger partial charge in [-0.2, -0.15) is 0 Å². The van der Waals surface area contributed by atoms with Crippen molar-refractivity contribution in [3.63, 3.8) is 0 Å². The van der Waals surface area contributed by atoms with Gasteiger partial charge in [-0.3, -0.25) is 9.69 Å². The van der Waals surface area contributed by atoms with Crippen molar-refractivity contribution < 1.29 is 9.18 Å². The van der Waals surface area contributed by atoms with Crippen molar-refractivity contribution in [3.8, 4) is 0 Å². The first-order valence-electron chi connectivity index (χ1n) is 8.07. The van der Waals surface area contributed by atoms with Gasteiger partial charge in [-0.1, -0.05) is 35.9 Å². The fourth-order valence-corrected chi connectivity index (χ4v) is 3.52. The highest BCUT2D eigenvalue weighted by atomic mass is 35.5. The zero-order valence-electron chi connectivity index (χ0n) is 13.6. The third-order valence-electron chi connectivity index (χ3n) is 4.47. The summed E-state index contributed by atoms with van der Waals surface area (Å²) in [5.74, 6) is -0.581. The molecular formula is C19H20ClFN2O. The molecule has 2 aromatic carbocycles. The molecule has 24 heavy (non-hydrogen) atoms. The minimum absolute atomic E-state index is 0.158. The Balaban J connectivity index is 1.67. The Kier molecular flexibility index (Phi) is 5.17. The van der Waals surface area contributed by atoms with Crippen molar-refractivity contribution in [2.45, 2.75) is 25.3 Å². The normalized spacial score (nSPS) is 16.8. The van der Waals surface area contributed by atoms with Gasteiger partial charge in [-0.25, -0.2) is 4.39 Å². The molecule has 0 fully saturated rings. The number of anilines is 1. The van der Waals surface area contributed by atoms with Crippen molar-refractivity contribution in [2.24, 2.45) is 0 Å². The predicted octanol–water partition coefficient (Wildman–Crippen LogP) is 4.43. The smallest absolute Gasteiger partial charge is 0.238 e. The fraction of sp³-hybridized carbons (Fsp3) is 0.316. The third-order valence-corrected chi connectivity index (χ3v) is 4.78. The SMILES string of the molecule is CN(CC(=O)Nc1ccc(F)cc1Cl)[C@H]1CCCc2ccccc21. The van der Waals surface area contributed by atoms with Gasteiger partial charge in [0.25, 0.3) is 0 Å². The van der Waals surface area contributed by atoms with Crippen LogP contribution in [0, 0.1) is 5.82 Å². The molecule has 0 bridgehead atoms. The average Bonchev–Trinajstić information content (AvgIpc) is 2.57. The number of amides is 1. The maximum atomic E-state index is 13.1. The minimum atomic E-state index is -0.422. The zero-order valence-corrected chi connectivity index (χ0v) is 14.3. The number of benzene rings is 2. The first kappa shape index (κ1) is 16.9. The maximum Gasteiger partial charge on any atom is 0.238 e. The summed E-state index contributed by atoms with van der Waals surface area (Å²) in [6.45, 7) is 0.257. The highest BCUT2D eigenvalue weighted by Gasteiger charge is 2.24. The van der Waals surface area contributed by atoms with Crippen molar-refractivity contribution in [1.29, 1.82) is 0 Å². The molecule has 1 aliphatic carbocycles. The molecule has 5 heteroatoms. The van der Waals surface area contributed by atoms with Gasteiger partial charge in [0.1, 0.15) is 5.82 Å². The minimum Gasteiger partial charge on any atom is -0.324 e. The molecule has 3 nitrogen and oxygen atoms in total. The molecule has 0 saturated carbocycles. The predicted molar refractivity (Wildman–Crippen MR) is 94.8 cm³/mol. The molecule has 0 spiro atoms. The van der Waals surface area contributed by atoms with Gasteiger partial charge in [0, 0.05) is 6.04 Å². The van der Waals surface area contributed by atoms with Gasteiger partial charge in [0.2, 0.25) is 5.91 Å². The number of carbonyl (C=O) groups is 1. The molecule has 1 N–H and O–H groups in total. The molecule has 1 amide bonds. The monoisotopic (exact) mass is 346 g/mol. The topological polar surface area (TPSA) is 32.3 Å². The Bertz CT molecular complexity index is 750. The third kappa shape index (κ3) is 3.77. The summed E-state index contributed by atoms with van der Waals surface area (Å²) in [5.41, 5.74) is 3.10. The Morgan fingerprint density at radius 2 is 2.12 bits per heavy atom. The van der Waals surface area contributed by atoms with Crippen LogP contribution in [0.15, 0.2) is 42.5 Å². The molecule has 0 aromatic heterocycles. The number of likely N-dealkylation sites (N-methyl/N-ethyl adjacent to an activating group) is 1. The van der Waals surface area contributed by atoms with E-state index in [1.165, 1.54) is 29.3 Å². The standard InChI is InChI=1S/C19H20ClFN2O/c1-23(18-8-4-6-13-5-2-3-7-15(13)18)12-19(24)22-17-10-9-14(21)11-16(17)20/h2-3,5,7,9-11,18H,4,6,8,12H2,1H3,(H,22,24)/t18-/m0/s1. The number of carbonyl (C=O) groups excluding carboxylic acids is 1. The molecule has 1 aliphatic rings. The molecule has 3 rings (SSSR count). The molecule has 2 aromatic rings.